The summed E-state index contributed by atoms with van der Waals surface area (Å²) in [4.78, 5) is 0. The van der Waals surface area contributed by atoms with Gasteiger partial charge in [0.1, 0.15) is 0 Å². The van der Waals surface area contributed by atoms with Gasteiger partial charge in [-0.15, -0.1) is 0 Å². The Labute approximate surface area is 114 Å². The number of hydrogen-bond donors (Lipinski definition) is 1. The molecule has 0 fully saturated rings. The van der Waals surface area contributed by atoms with Crippen molar-refractivity contribution in [2.45, 2.75) is 45.6 Å². The van der Waals surface area contributed by atoms with Crippen molar-refractivity contribution in [3.63, 3.8) is 0 Å². The SMILES string of the molecule is CCCCCNC(C)Cc1ccccc1.[H-].[Li+]. The van der Waals surface area contributed by atoms with E-state index in [1.54, 1.807) is 0 Å². The Morgan fingerprint density at radius 3 is 2.50 bits per heavy atom. The molecule has 0 saturated heterocycles. The van der Waals surface area contributed by atoms with Gasteiger partial charge in [0.2, 0.25) is 0 Å². The molecule has 0 aliphatic carbocycles. The molecule has 0 amide bonds. The maximum atomic E-state index is 3.57. The van der Waals surface area contributed by atoms with Crippen LogP contribution in [-0.4, -0.2) is 12.6 Å². The van der Waals surface area contributed by atoms with Crippen LogP contribution in [0.1, 0.15) is 40.1 Å². The van der Waals surface area contributed by atoms with Crippen molar-refractivity contribution < 1.29 is 20.3 Å². The minimum atomic E-state index is 0. The maximum absolute atomic E-state index is 3.57. The minimum absolute atomic E-state index is 0. The predicted molar refractivity (Wildman–Crippen MR) is 68.2 cm³/mol. The van der Waals surface area contributed by atoms with Crippen LogP contribution in [0.5, 0.6) is 0 Å². The van der Waals surface area contributed by atoms with Gasteiger partial charge in [-0.05, 0) is 31.9 Å². The molecule has 0 aliphatic heterocycles. The zero-order chi connectivity index (χ0) is 10.9. The van der Waals surface area contributed by atoms with Crippen LogP contribution in [-0.2, 0) is 6.42 Å². The number of hydrogen-bond acceptors (Lipinski definition) is 1. The molecule has 0 bridgehead atoms. The zero-order valence-electron chi connectivity index (χ0n) is 12.0. The average molecular weight is 213 g/mol. The third kappa shape index (κ3) is 7.12. The fourth-order valence-electron chi connectivity index (χ4n) is 1.76. The van der Waals surface area contributed by atoms with E-state index in [4.69, 9.17) is 0 Å². The normalized spacial score (nSPS) is 11.9. The van der Waals surface area contributed by atoms with E-state index in [9.17, 15) is 0 Å². The van der Waals surface area contributed by atoms with E-state index in [1.807, 2.05) is 0 Å². The molecule has 0 heterocycles. The standard InChI is InChI=1S/C14H23N.Li.H/c1-3-4-8-11-15-13(2)12-14-9-6-5-7-10-14;;/h5-7,9-10,13,15H,3-4,8,11-12H2,1-2H3;;/q;+1;-1. The van der Waals surface area contributed by atoms with Crippen LogP contribution in [0.15, 0.2) is 30.3 Å². The number of nitrogens with one attached hydrogen (secondary N) is 1. The van der Waals surface area contributed by atoms with Crippen LogP contribution in [0.25, 0.3) is 0 Å². The first-order chi connectivity index (χ1) is 7.33. The molecule has 0 spiro atoms. The smallest absolute Gasteiger partial charge is 1.00 e. The van der Waals surface area contributed by atoms with E-state index >= 15 is 0 Å². The molecule has 1 aromatic rings. The summed E-state index contributed by atoms with van der Waals surface area (Å²) in [5.41, 5.74) is 1.42. The van der Waals surface area contributed by atoms with E-state index in [0.717, 1.165) is 13.0 Å². The van der Waals surface area contributed by atoms with Gasteiger partial charge in [-0.3, -0.25) is 0 Å². The third-order valence-corrected chi connectivity index (χ3v) is 2.66. The van der Waals surface area contributed by atoms with Crippen molar-refractivity contribution in [2.75, 3.05) is 6.54 Å². The van der Waals surface area contributed by atoms with E-state index in [1.165, 1.54) is 24.8 Å². The Morgan fingerprint density at radius 2 is 1.88 bits per heavy atom. The van der Waals surface area contributed by atoms with Crippen LogP contribution >= 0.6 is 0 Å². The van der Waals surface area contributed by atoms with Crippen molar-refractivity contribution in [1.29, 1.82) is 0 Å². The Kier molecular flexibility index (Phi) is 9.83. The maximum Gasteiger partial charge on any atom is 1.00 e. The molecule has 0 aliphatic rings. The Balaban J connectivity index is 0. The van der Waals surface area contributed by atoms with Crippen molar-refractivity contribution >= 4 is 0 Å². The van der Waals surface area contributed by atoms with Gasteiger partial charge in [0.05, 0.1) is 0 Å². The summed E-state index contributed by atoms with van der Waals surface area (Å²) < 4.78 is 0. The van der Waals surface area contributed by atoms with Gasteiger partial charge in [0.15, 0.2) is 0 Å². The van der Waals surface area contributed by atoms with Crippen molar-refractivity contribution in [3.8, 4) is 0 Å². The van der Waals surface area contributed by atoms with Crippen LogP contribution in [0.4, 0.5) is 0 Å². The van der Waals surface area contributed by atoms with Crippen LogP contribution in [0, 0.1) is 0 Å². The van der Waals surface area contributed by atoms with Gasteiger partial charge in [0.25, 0.3) is 0 Å². The molecular formula is C14H24LiN. The summed E-state index contributed by atoms with van der Waals surface area (Å²) in [5, 5.41) is 3.57. The quantitative estimate of drug-likeness (QED) is 0.514. The topological polar surface area (TPSA) is 12.0 Å². The molecule has 0 aromatic heterocycles. The summed E-state index contributed by atoms with van der Waals surface area (Å²) in [6.45, 7) is 5.66. The van der Waals surface area contributed by atoms with Crippen LogP contribution < -0.4 is 24.2 Å². The molecule has 1 nitrogen and oxygen atoms in total. The van der Waals surface area contributed by atoms with Gasteiger partial charge < -0.3 is 6.74 Å². The zero-order valence-corrected chi connectivity index (χ0v) is 11.0. The van der Waals surface area contributed by atoms with Gasteiger partial charge in [-0.25, -0.2) is 0 Å². The molecule has 1 aromatic carbocycles. The Morgan fingerprint density at radius 1 is 1.19 bits per heavy atom. The van der Waals surface area contributed by atoms with Gasteiger partial charge in [-0.2, -0.15) is 0 Å². The second kappa shape index (κ2) is 9.97. The fraction of sp³-hybridized carbons (Fsp3) is 0.571. The molecule has 0 radical (unpaired) electrons. The number of benzene rings is 1. The second-order valence-electron chi connectivity index (χ2n) is 4.25. The predicted octanol–water partition coefficient (Wildman–Crippen LogP) is 0.514. The van der Waals surface area contributed by atoms with Crippen molar-refractivity contribution in [3.05, 3.63) is 35.9 Å². The van der Waals surface area contributed by atoms with Gasteiger partial charge in [-0.1, -0.05) is 50.1 Å². The summed E-state index contributed by atoms with van der Waals surface area (Å²) in [6.07, 6.45) is 5.07. The van der Waals surface area contributed by atoms with Crippen LogP contribution in [0.3, 0.4) is 0 Å². The molecule has 1 N–H and O–H groups in total. The van der Waals surface area contributed by atoms with Crippen molar-refractivity contribution in [1.82, 2.24) is 5.32 Å². The summed E-state index contributed by atoms with van der Waals surface area (Å²) in [7, 11) is 0. The molecule has 0 saturated carbocycles. The monoisotopic (exact) mass is 213 g/mol. The third-order valence-electron chi connectivity index (χ3n) is 2.66. The fourth-order valence-corrected chi connectivity index (χ4v) is 1.76. The second-order valence-corrected chi connectivity index (χ2v) is 4.25. The molecule has 86 valence electrons. The Bertz CT molecular complexity index is 254. The van der Waals surface area contributed by atoms with E-state index in [-0.39, 0.29) is 20.3 Å². The Hall–Kier alpha value is -0.223. The van der Waals surface area contributed by atoms with E-state index in [0.29, 0.717) is 6.04 Å². The molecular weight excluding hydrogens is 189 g/mol. The average Bonchev–Trinajstić information content (AvgIpc) is 2.26. The number of rotatable bonds is 7. The first-order valence-electron chi connectivity index (χ1n) is 6.10. The molecule has 16 heavy (non-hydrogen) atoms. The van der Waals surface area contributed by atoms with Crippen LogP contribution in [0.2, 0.25) is 0 Å². The van der Waals surface area contributed by atoms with Gasteiger partial charge in [0, 0.05) is 6.04 Å². The molecule has 1 unspecified atom stereocenters. The van der Waals surface area contributed by atoms with Crippen molar-refractivity contribution in [2.24, 2.45) is 0 Å². The van der Waals surface area contributed by atoms with E-state index in [2.05, 4.69) is 49.5 Å². The molecule has 1 atom stereocenters. The first-order valence-corrected chi connectivity index (χ1v) is 6.10. The summed E-state index contributed by atoms with van der Waals surface area (Å²) >= 11 is 0. The largest absolute Gasteiger partial charge is 1.00 e. The first kappa shape index (κ1) is 15.8. The van der Waals surface area contributed by atoms with Gasteiger partial charge >= 0.3 is 18.9 Å². The summed E-state index contributed by atoms with van der Waals surface area (Å²) in [6, 6.07) is 11.3. The molecule has 1 rings (SSSR count). The molecule has 2 heteroatoms. The number of unbranched alkanes of at least 4 members (excludes halogenated alkanes) is 2. The van der Waals surface area contributed by atoms with E-state index < -0.39 is 0 Å². The minimum Gasteiger partial charge on any atom is -1.00 e. The summed E-state index contributed by atoms with van der Waals surface area (Å²) in [5.74, 6) is 0.